The molecule has 5 nitrogen and oxygen atoms in total. The summed E-state index contributed by atoms with van der Waals surface area (Å²) in [5.41, 5.74) is 0.702. The Labute approximate surface area is 112 Å². The Bertz CT molecular complexity index is 498. The van der Waals surface area contributed by atoms with E-state index in [0.29, 0.717) is 17.1 Å². The van der Waals surface area contributed by atoms with Crippen LogP contribution in [0.5, 0.6) is 11.5 Å². The van der Waals surface area contributed by atoms with Gasteiger partial charge in [-0.05, 0) is 17.7 Å². The Morgan fingerprint density at radius 3 is 2.63 bits per heavy atom. The van der Waals surface area contributed by atoms with Crippen molar-refractivity contribution < 1.29 is 19.4 Å². The number of amides is 1. The molecule has 0 aliphatic carbocycles. The Hall–Kier alpha value is -1.75. The van der Waals surface area contributed by atoms with Crippen LogP contribution >= 0.6 is 0 Å². The van der Waals surface area contributed by atoms with E-state index >= 15 is 0 Å². The van der Waals surface area contributed by atoms with E-state index in [2.05, 4.69) is 0 Å². The molecule has 0 saturated carbocycles. The van der Waals surface area contributed by atoms with Gasteiger partial charge in [-0.25, -0.2) is 0 Å². The maximum atomic E-state index is 11.2. The van der Waals surface area contributed by atoms with Crippen LogP contribution in [0.25, 0.3) is 0 Å². The van der Waals surface area contributed by atoms with Gasteiger partial charge in [-0.1, -0.05) is 6.07 Å². The molecule has 1 amide bonds. The van der Waals surface area contributed by atoms with Crippen LogP contribution in [0.4, 0.5) is 0 Å². The minimum atomic E-state index is -0.744. The Morgan fingerprint density at radius 1 is 1.37 bits per heavy atom. The normalized spacial score (nSPS) is 17.1. The molecular weight excluding hydrogens is 246 g/mol. The van der Waals surface area contributed by atoms with Crippen molar-refractivity contribution in [1.82, 2.24) is 4.90 Å². The number of nitrogens with zero attached hydrogens (tertiary/aromatic N) is 1. The third-order valence-electron chi connectivity index (χ3n) is 3.05. The number of aliphatic hydroxyl groups is 1. The second kappa shape index (κ2) is 4.74. The molecule has 19 heavy (non-hydrogen) atoms. The number of likely N-dealkylation sites (N-methyl/N-ethyl adjacent to an activating group) is 1. The summed E-state index contributed by atoms with van der Waals surface area (Å²) in [6, 6.07) is 5.31. The van der Waals surface area contributed by atoms with E-state index in [-0.39, 0.29) is 12.5 Å². The first kappa shape index (κ1) is 13.7. The van der Waals surface area contributed by atoms with Gasteiger partial charge in [0.15, 0.2) is 11.5 Å². The smallest absolute Gasteiger partial charge is 0.246 e. The zero-order valence-corrected chi connectivity index (χ0v) is 11.6. The van der Waals surface area contributed by atoms with Gasteiger partial charge in [-0.3, -0.25) is 4.79 Å². The molecule has 1 aliphatic rings. The average molecular weight is 265 g/mol. The van der Waals surface area contributed by atoms with Crippen LogP contribution < -0.4 is 9.47 Å². The van der Waals surface area contributed by atoms with Gasteiger partial charge in [-0.2, -0.15) is 0 Å². The molecule has 1 unspecified atom stereocenters. The topological polar surface area (TPSA) is 59.0 Å². The third kappa shape index (κ3) is 2.98. The third-order valence-corrected chi connectivity index (χ3v) is 3.05. The number of aliphatic hydroxyl groups excluding tert-OH is 1. The Kier molecular flexibility index (Phi) is 3.41. The van der Waals surface area contributed by atoms with Crippen LogP contribution in [0.15, 0.2) is 18.2 Å². The number of fused-ring (bicyclic) bond motifs is 1. The molecule has 5 heteroatoms. The van der Waals surface area contributed by atoms with E-state index in [1.165, 1.54) is 11.8 Å². The first-order valence-electron chi connectivity index (χ1n) is 6.20. The van der Waals surface area contributed by atoms with Crippen molar-refractivity contribution >= 4 is 5.91 Å². The summed E-state index contributed by atoms with van der Waals surface area (Å²) in [5, 5.41) is 10.1. The van der Waals surface area contributed by atoms with Crippen molar-refractivity contribution in [2.75, 3.05) is 13.6 Å². The van der Waals surface area contributed by atoms with Gasteiger partial charge in [0.2, 0.25) is 11.7 Å². The standard InChI is InChI=1S/C14H19NO4/c1-9(16)15(4)8-11(17)10-5-6-12-13(7-10)19-14(2,3)18-12/h5-7,11,17H,8H2,1-4H3. The average Bonchev–Trinajstić information content (AvgIpc) is 2.61. The molecule has 104 valence electrons. The van der Waals surface area contributed by atoms with Gasteiger partial charge in [-0.15, -0.1) is 0 Å². The first-order valence-corrected chi connectivity index (χ1v) is 6.20. The quantitative estimate of drug-likeness (QED) is 0.903. The molecular formula is C14H19NO4. The monoisotopic (exact) mass is 265 g/mol. The van der Waals surface area contributed by atoms with Crippen LogP contribution in [0.2, 0.25) is 0 Å². The molecule has 1 aromatic rings. The van der Waals surface area contributed by atoms with Crippen molar-refractivity contribution in [1.29, 1.82) is 0 Å². The molecule has 1 aliphatic heterocycles. The van der Waals surface area contributed by atoms with Crippen molar-refractivity contribution in [3.63, 3.8) is 0 Å². The van der Waals surface area contributed by atoms with Crippen molar-refractivity contribution in [2.24, 2.45) is 0 Å². The zero-order chi connectivity index (χ0) is 14.2. The van der Waals surface area contributed by atoms with Crippen molar-refractivity contribution in [2.45, 2.75) is 32.7 Å². The lowest BCUT2D eigenvalue weighted by Gasteiger charge is -2.19. The molecule has 0 bridgehead atoms. The largest absolute Gasteiger partial charge is 0.449 e. The molecule has 1 atom stereocenters. The number of carbonyl (C=O) groups excluding carboxylic acids is 1. The van der Waals surface area contributed by atoms with E-state index in [9.17, 15) is 9.90 Å². The highest BCUT2D eigenvalue weighted by Gasteiger charge is 2.32. The fourth-order valence-corrected chi connectivity index (χ4v) is 1.94. The molecule has 0 aromatic heterocycles. The molecule has 0 spiro atoms. The second-order valence-corrected chi connectivity index (χ2v) is 5.23. The van der Waals surface area contributed by atoms with E-state index in [0.717, 1.165) is 0 Å². The molecule has 1 N–H and O–H groups in total. The molecule has 1 heterocycles. The fourth-order valence-electron chi connectivity index (χ4n) is 1.94. The van der Waals surface area contributed by atoms with Gasteiger partial charge < -0.3 is 19.5 Å². The van der Waals surface area contributed by atoms with Gasteiger partial charge in [0.25, 0.3) is 0 Å². The predicted molar refractivity (Wildman–Crippen MR) is 70.0 cm³/mol. The molecule has 0 saturated heterocycles. The summed E-state index contributed by atoms with van der Waals surface area (Å²) in [5.74, 6) is 0.524. The lowest BCUT2D eigenvalue weighted by atomic mass is 10.1. The maximum Gasteiger partial charge on any atom is 0.246 e. The highest BCUT2D eigenvalue weighted by atomic mass is 16.7. The SMILES string of the molecule is CC(=O)N(C)CC(O)c1ccc2c(c1)OC(C)(C)O2. The fraction of sp³-hybridized carbons (Fsp3) is 0.500. The van der Waals surface area contributed by atoms with Crippen LogP contribution in [0.1, 0.15) is 32.4 Å². The summed E-state index contributed by atoms with van der Waals surface area (Å²) in [4.78, 5) is 12.6. The minimum absolute atomic E-state index is 0.0825. The van der Waals surface area contributed by atoms with Crippen LogP contribution in [-0.2, 0) is 4.79 Å². The number of hydrogen-bond acceptors (Lipinski definition) is 4. The number of rotatable bonds is 3. The lowest BCUT2D eigenvalue weighted by molar-refractivity contribution is -0.128. The first-order chi connectivity index (χ1) is 8.78. The predicted octanol–water partition coefficient (Wildman–Crippen LogP) is 1.71. The number of hydrogen-bond donors (Lipinski definition) is 1. The molecule has 0 fully saturated rings. The molecule has 0 radical (unpaired) electrons. The summed E-state index contributed by atoms with van der Waals surface area (Å²) >= 11 is 0. The number of benzene rings is 1. The minimum Gasteiger partial charge on any atom is -0.449 e. The number of ether oxygens (including phenoxy) is 2. The Morgan fingerprint density at radius 2 is 2.00 bits per heavy atom. The lowest BCUT2D eigenvalue weighted by Crippen LogP contribution is -2.29. The highest BCUT2D eigenvalue weighted by Crippen LogP contribution is 2.40. The maximum absolute atomic E-state index is 11.2. The highest BCUT2D eigenvalue weighted by molar-refractivity contribution is 5.72. The van der Waals surface area contributed by atoms with E-state index in [1.54, 1.807) is 25.2 Å². The summed E-state index contributed by atoms with van der Waals surface area (Å²) in [7, 11) is 1.65. The van der Waals surface area contributed by atoms with Gasteiger partial charge in [0.05, 0.1) is 12.6 Å². The van der Waals surface area contributed by atoms with E-state index < -0.39 is 11.9 Å². The van der Waals surface area contributed by atoms with Gasteiger partial charge >= 0.3 is 0 Å². The second-order valence-electron chi connectivity index (χ2n) is 5.23. The van der Waals surface area contributed by atoms with E-state index in [1.807, 2.05) is 13.8 Å². The van der Waals surface area contributed by atoms with Crippen LogP contribution in [0.3, 0.4) is 0 Å². The summed E-state index contributed by atoms with van der Waals surface area (Å²) in [6.07, 6.45) is -0.744. The van der Waals surface area contributed by atoms with Crippen LogP contribution in [0, 0.1) is 0 Å². The molecule has 2 rings (SSSR count). The van der Waals surface area contributed by atoms with Crippen LogP contribution in [-0.4, -0.2) is 35.3 Å². The molecule has 1 aromatic carbocycles. The van der Waals surface area contributed by atoms with Crippen molar-refractivity contribution in [3.05, 3.63) is 23.8 Å². The van der Waals surface area contributed by atoms with Crippen molar-refractivity contribution in [3.8, 4) is 11.5 Å². The van der Waals surface area contributed by atoms with Gasteiger partial charge in [0, 0.05) is 27.8 Å². The van der Waals surface area contributed by atoms with E-state index in [4.69, 9.17) is 9.47 Å². The Balaban J connectivity index is 2.13. The summed E-state index contributed by atoms with van der Waals surface area (Å²) in [6.45, 7) is 5.37. The number of carbonyl (C=O) groups is 1. The summed E-state index contributed by atoms with van der Waals surface area (Å²) < 4.78 is 11.2. The zero-order valence-electron chi connectivity index (χ0n) is 11.6. The van der Waals surface area contributed by atoms with Gasteiger partial charge in [0.1, 0.15) is 0 Å².